The van der Waals surface area contributed by atoms with Gasteiger partial charge >= 0.3 is 5.97 Å². The van der Waals surface area contributed by atoms with Crippen LogP contribution in [0.2, 0.25) is 0 Å². The summed E-state index contributed by atoms with van der Waals surface area (Å²) in [5.41, 5.74) is 11.9. The minimum atomic E-state index is -1.57. The molecule has 1 saturated heterocycles. The Hall–Kier alpha value is -2.73. The lowest BCUT2D eigenvalue weighted by atomic mass is 10.0. The van der Waals surface area contributed by atoms with Gasteiger partial charge in [0.2, 0.25) is 6.04 Å². The van der Waals surface area contributed by atoms with Crippen molar-refractivity contribution in [2.45, 2.75) is 28.1 Å². The summed E-state index contributed by atoms with van der Waals surface area (Å²) in [7, 11) is 0. The third kappa shape index (κ3) is 5.34. The maximum Gasteiger partial charge on any atom is 0.353 e. The number of aliphatic carboxylic acids is 1. The molecule has 2 aliphatic rings. The number of rotatable bonds is 11. The van der Waals surface area contributed by atoms with E-state index in [9.17, 15) is 24.4 Å². The van der Waals surface area contributed by atoms with Crippen LogP contribution in [-0.4, -0.2) is 71.6 Å². The first kappa shape index (κ1) is 26.3. The van der Waals surface area contributed by atoms with Gasteiger partial charge in [0.1, 0.15) is 17.1 Å². The molecule has 2 aromatic rings. The highest BCUT2D eigenvalue weighted by molar-refractivity contribution is 8.06. The highest BCUT2D eigenvalue weighted by atomic mass is 32.2. The first-order valence-corrected chi connectivity index (χ1v) is 14.2. The summed E-state index contributed by atoms with van der Waals surface area (Å²) in [6.45, 7) is 0.553. The number of thioether (sulfide) groups is 3. The Morgan fingerprint density at radius 3 is 2.89 bits per heavy atom. The molecule has 6 N–H and O–H groups in total. The summed E-state index contributed by atoms with van der Waals surface area (Å²) in [6, 6.07) is -0.727. The number of carboxylic acid groups (broad SMARTS) is 1. The number of nitrogen functional groups attached to an aromatic ring is 1. The molecule has 17 heteroatoms. The topological polar surface area (TPSA) is 207 Å². The zero-order valence-corrected chi connectivity index (χ0v) is 21.7. The van der Waals surface area contributed by atoms with Crippen LogP contribution < -0.4 is 16.8 Å². The van der Waals surface area contributed by atoms with Crippen molar-refractivity contribution in [2.24, 2.45) is 10.9 Å². The Bertz CT molecular complexity index is 1220. The van der Waals surface area contributed by atoms with Gasteiger partial charge in [-0.1, -0.05) is 11.8 Å². The van der Waals surface area contributed by atoms with Gasteiger partial charge in [0, 0.05) is 57.5 Å². The van der Waals surface area contributed by atoms with Gasteiger partial charge in [0.25, 0.3) is 11.8 Å². The van der Waals surface area contributed by atoms with E-state index in [0.29, 0.717) is 23.0 Å². The largest absolute Gasteiger partial charge is 0.477 e. The average Bonchev–Trinajstić information content (AvgIpc) is 3.29. The maximum absolute atomic E-state index is 12.9. The van der Waals surface area contributed by atoms with E-state index in [0.717, 1.165) is 32.6 Å². The smallest absolute Gasteiger partial charge is 0.353 e. The Morgan fingerprint density at radius 2 is 2.22 bits per heavy atom. The van der Waals surface area contributed by atoms with Crippen LogP contribution in [0.15, 0.2) is 39.1 Å². The fourth-order valence-electron chi connectivity index (χ4n) is 3.49. The second-order valence-electron chi connectivity index (χ2n) is 7.40. The Labute approximate surface area is 221 Å². The number of carbonyl (C=O) groups excluding carboxylic acids is 2. The molecule has 3 atom stereocenters. The van der Waals surface area contributed by atoms with Crippen molar-refractivity contribution in [1.29, 1.82) is 0 Å². The van der Waals surface area contributed by atoms with Gasteiger partial charge in [-0.3, -0.25) is 19.5 Å². The monoisotopic (exact) mass is 568 g/mol. The van der Waals surface area contributed by atoms with Crippen molar-refractivity contribution >= 4 is 69.7 Å². The second-order valence-corrected chi connectivity index (χ2v) is 11.5. The number of pyridine rings is 1. The molecule has 0 spiro atoms. The minimum Gasteiger partial charge on any atom is -0.477 e. The molecule has 0 bridgehead atoms. The summed E-state index contributed by atoms with van der Waals surface area (Å²) >= 11 is 5.03. The molecule has 0 saturated carbocycles. The van der Waals surface area contributed by atoms with Crippen LogP contribution in [0.3, 0.4) is 0 Å². The molecule has 190 valence electrons. The standard InChI is InChI=1S/C19H20N8O5S4/c20-2-4-33-6-8-1-3-22-5-9(8)35-10-7-34-17-12(16(29)27(17)13(10)18(30)31)23-15(28)11(25-32)14-24-19(21)36-26-14/h1,3,5,11-12,17H,2,4,6-7,20H2,(H,23,28)(H,30,31)(H2,21,24,26). The number of hydrogen-bond acceptors (Lipinski definition) is 14. The SMILES string of the molecule is NCCSCc1ccncc1SC1=C(C(=O)O)N2C(=O)C(NC(=O)C(N=O)c3nsc(N)n3)C2SC1. The normalized spacial score (nSPS) is 19.9. The molecule has 36 heavy (non-hydrogen) atoms. The van der Waals surface area contributed by atoms with E-state index in [2.05, 4.69) is 24.8 Å². The number of nitrogens with one attached hydrogen (secondary N) is 1. The molecule has 0 radical (unpaired) electrons. The Morgan fingerprint density at radius 1 is 1.42 bits per heavy atom. The highest BCUT2D eigenvalue weighted by Crippen LogP contribution is 2.46. The molecular formula is C19H20N8O5S4. The van der Waals surface area contributed by atoms with Crippen LogP contribution in [0.4, 0.5) is 5.13 Å². The van der Waals surface area contributed by atoms with Crippen molar-refractivity contribution < 1.29 is 19.5 Å². The summed E-state index contributed by atoms with van der Waals surface area (Å²) in [4.78, 5) is 59.4. The Kier molecular flexibility index (Phi) is 8.45. The van der Waals surface area contributed by atoms with Crippen LogP contribution in [0.5, 0.6) is 0 Å². The molecular weight excluding hydrogens is 549 g/mol. The van der Waals surface area contributed by atoms with E-state index >= 15 is 0 Å². The van der Waals surface area contributed by atoms with Crippen molar-refractivity contribution in [1.82, 2.24) is 24.6 Å². The number of carbonyl (C=O) groups is 3. The molecule has 4 heterocycles. The number of β-lactam (4-membered cyclic amide) rings is 1. The first-order chi connectivity index (χ1) is 17.3. The van der Waals surface area contributed by atoms with E-state index in [-0.39, 0.29) is 16.7 Å². The van der Waals surface area contributed by atoms with Gasteiger partial charge in [0.05, 0.1) is 0 Å². The van der Waals surface area contributed by atoms with Gasteiger partial charge in [-0.2, -0.15) is 16.1 Å². The number of carboxylic acids is 1. The number of nitroso groups, excluding NO2 is 1. The lowest BCUT2D eigenvalue weighted by molar-refractivity contribution is -0.150. The fraction of sp³-hybridized carbons (Fsp3) is 0.368. The quantitative estimate of drug-likeness (QED) is 0.170. The van der Waals surface area contributed by atoms with Crippen LogP contribution in [0, 0.1) is 4.91 Å². The lowest BCUT2D eigenvalue weighted by Gasteiger charge is -2.49. The van der Waals surface area contributed by atoms with Gasteiger partial charge in [-0.15, -0.1) is 16.7 Å². The number of anilines is 1. The molecule has 2 amide bonds. The number of nitrogens with zero attached hydrogens (tertiary/aromatic N) is 5. The number of amides is 2. The molecule has 0 aliphatic carbocycles. The van der Waals surface area contributed by atoms with Crippen molar-refractivity contribution in [3.05, 3.63) is 45.4 Å². The zero-order valence-electron chi connectivity index (χ0n) is 18.4. The van der Waals surface area contributed by atoms with Crippen molar-refractivity contribution in [3.63, 3.8) is 0 Å². The average molecular weight is 569 g/mol. The molecule has 2 aliphatic heterocycles. The maximum atomic E-state index is 12.9. The van der Waals surface area contributed by atoms with Gasteiger partial charge in [-0.05, 0) is 16.8 Å². The number of aromatic nitrogens is 3. The summed E-state index contributed by atoms with van der Waals surface area (Å²) < 4.78 is 3.82. The van der Waals surface area contributed by atoms with E-state index < -0.39 is 35.2 Å². The lowest BCUT2D eigenvalue weighted by Crippen LogP contribution is -2.70. The molecule has 2 aromatic heterocycles. The predicted molar refractivity (Wildman–Crippen MR) is 138 cm³/mol. The highest BCUT2D eigenvalue weighted by Gasteiger charge is 2.55. The number of fused-ring (bicyclic) bond motifs is 1. The third-order valence-corrected chi connectivity index (χ3v) is 9.34. The van der Waals surface area contributed by atoms with Gasteiger partial charge in [-0.25, -0.2) is 9.78 Å². The number of nitrogens with two attached hydrogens (primary N) is 2. The summed E-state index contributed by atoms with van der Waals surface area (Å²) in [5.74, 6) is -1.10. The summed E-state index contributed by atoms with van der Waals surface area (Å²) in [5, 5.41) is 14.6. The van der Waals surface area contributed by atoms with Crippen molar-refractivity contribution in [3.8, 4) is 0 Å². The van der Waals surface area contributed by atoms with E-state index in [4.69, 9.17) is 11.5 Å². The zero-order chi connectivity index (χ0) is 25.8. The van der Waals surface area contributed by atoms with E-state index in [1.54, 1.807) is 24.2 Å². The van der Waals surface area contributed by atoms with E-state index in [1.807, 2.05) is 6.07 Å². The molecule has 0 aromatic carbocycles. The van der Waals surface area contributed by atoms with Crippen molar-refractivity contribution in [2.75, 3.05) is 23.8 Å². The van der Waals surface area contributed by atoms with E-state index in [1.165, 1.54) is 23.5 Å². The van der Waals surface area contributed by atoms with Crippen LogP contribution >= 0.6 is 46.8 Å². The van der Waals surface area contributed by atoms with Crippen LogP contribution in [-0.2, 0) is 20.1 Å². The summed E-state index contributed by atoms with van der Waals surface area (Å²) in [6.07, 6.45) is 3.34. The van der Waals surface area contributed by atoms with Gasteiger partial charge in [0.15, 0.2) is 11.0 Å². The molecule has 4 rings (SSSR count). The molecule has 3 unspecified atom stereocenters. The first-order valence-electron chi connectivity index (χ1n) is 10.4. The predicted octanol–water partition coefficient (Wildman–Crippen LogP) is 1.00. The van der Waals surface area contributed by atoms with Crippen LogP contribution in [0.1, 0.15) is 17.4 Å². The third-order valence-electron chi connectivity index (χ3n) is 5.11. The molecule has 1 fully saturated rings. The number of hydrogen-bond donors (Lipinski definition) is 4. The minimum absolute atomic E-state index is 0.0659. The molecule has 13 nitrogen and oxygen atoms in total. The Balaban J connectivity index is 1.51. The van der Waals surface area contributed by atoms with Gasteiger partial charge < -0.3 is 21.9 Å². The fourth-order valence-corrected chi connectivity index (χ4v) is 7.39. The second kappa shape index (κ2) is 11.5. The van der Waals surface area contributed by atoms with Crippen LogP contribution in [0.25, 0.3) is 0 Å².